The van der Waals surface area contributed by atoms with E-state index in [-0.39, 0.29) is 75.4 Å². The largest absolute Gasteiger partial charge is 1.00 e. The number of aromatic nitrogens is 6. The molecule has 0 bridgehead atoms. The number of fused-ring (bicyclic) bond motifs is 1. The van der Waals surface area contributed by atoms with Gasteiger partial charge in [-0.25, -0.2) is 34.0 Å². The fourth-order valence-corrected chi connectivity index (χ4v) is 8.11. The van der Waals surface area contributed by atoms with Crippen molar-refractivity contribution in [2.45, 2.75) is 0 Å². The van der Waals surface area contributed by atoms with Crippen molar-refractivity contribution in [3.8, 4) is 5.69 Å². The van der Waals surface area contributed by atoms with E-state index in [0.717, 1.165) is 63.7 Å². The van der Waals surface area contributed by atoms with Gasteiger partial charge in [-0.2, -0.15) is 15.0 Å². The maximum Gasteiger partial charge on any atom is 1.00 e. The van der Waals surface area contributed by atoms with Gasteiger partial charge in [0, 0.05) is 87.5 Å². The summed E-state index contributed by atoms with van der Waals surface area (Å²) in [7, 11) is 4.28. The summed E-state index contributed by atoms with van der Waals surface area (Å²) in [5, 5.41) is 7.92. The molecule has 6 N–H and O–H groups in total. The van der Waals surface area contributed by atoms with Gasteiger partial charge >= 0.3 is 35.2 Å². The summed E-state index contributed by atoms with van der Waals surface area (Å²) < 4.78 is 1.17. The molecule has 2 aliphatic rings. The normalized spacial score (nSPS) is 13.6. The van der Waals surface area contributed by atoms with E-state index in [0.29, 0.717) is 27.3 Å². The smallest absolute Gasteiger partial charge is 1.00 e. The van der Waals surface area contributed by atoms with Crippen LogP contribution in [0.25, 0.3) is 21.6 Å². The molecule has 2 aliphatic heterocycles. The molecular formula is C46H45Cl4N16NaO2. The number of halogens is 4. The molecule has 2 fully saturated rings. The molecule has 2 saturated heterocycles. The van der Waals surface area contributed by atoms with Gasteiger partial charge in [0.05, 0.1) is 37.7 Å². The zero-order chi connectivity index (χ0) is 48.3. The van der Waals surface area contributed by atoms with Gasteiger partial charge < -0.3 is 43.1 Å². The second kappa shape index (κ2) is 24.5. The number of nitrogens with two attached hydrogens (primary N) is 2. The molecule has 0 amide bonds. The number of piperazine rings is 2. The van der Waals surface area contributed by atoms with E-state index in [2.05, 4.69) is 103 Å². The molecule has 0 saturated carbocycles. The predicted molar refractivity (Wildman–Crippen MR) is 274 cm³/mol. The Balaban J connectivity index is 0.000000219. The minimum atomic E-state index is -0.638. The van der Waals surface area contributed by atoms with Crippen LogP contribution in [0.3, 0.4) is 0 Å². The summed E-state index contributed by atoms with van der Waals surface area (Å²) in [6.07, 6.45) is 4.32. The van der Waals surface area contributed by atoms with Crippen LogP contribution in [-0.4, -0.2) is 112 Å². The topological polar surface area (TPSA) is 209 Å². The number of nitrogens with one attached hydrogen (secondary N) is 2. The molecule has 5 heterocycles. The van der Waals surface area contributed by atoms with Crippen LogP contribution in [-0.2, 0) is 4.79 Å². The van der Waals surface area contributed by atoms with Gasteiger partial charge in [0.1, 0.15) is 17.3 Å². The van der Waals surface area contributed by atoms with E-state index in [1.165, 1.54) is 34.4 Å². The van der Waals surface area contributed by atoms with E-state index in [4.69, 9.17) is 64.4 Å². The van der Waals surface area contributed by atoms with Crippen molar-refractivity contribution in [3.05, 3.63) is 139 Å². The molecule has 0 aliphatic carbocycles. The number of carbonyl (C=O) groups excluding carboxylic acids is 1. The van der Waals surface area contributed by atoms with Gasteiger partial charge in [-0.15, -0.1) is 0 Å². The van der Waals surface area contributed by atoms with Crippen LogP contribution in [0.2, 0.25) is 20.1 Å². The molecule has 0 spiro atoms. The van der Waals surface area contributed by atoms with Gasteiger partial charge in [-0.3, -0.25) is 0 Å². The Hall–Kier alpha value is -6.07. The van der Waals surface area contributed by atoms with Crippen molar-refractivity contribution in [3.63, 3.8) is 0 Å². The first kappa shape index (κ1) is 52.3. The Morgan fingerprint density at radius 1 is 0.681 bits per heavy atom. The Kier molecular flexibility index (Phi) is 18.5. The van der Waals surface area contributed by atoms with Gasteiger partial charge in [0.25, 0.3) is 0 Å². The van der Waals surface area contributed by atoms with E-state index < -0.39 is 5.69 Å². The first-order valence-corrected chi connectivity index (χ1v) is 22.5. The van der Waals surface area contributed by atoms with Crippen LogP contribution in [0.5, 0.6) is 0 Å². The van der Waals surface area contributed by atoms with Gasteiger partial charge in [0.15, 0.2) is 5.65 Å². The zero-order valence-electron chi connectivity index (χ0n) is 38.7. The minimum Gasteiger partial charge on any atom is -1.00 e. The molecule has 18 nitrogen and oxygen atoms in total. The molecule has 9 rings (SSSR count). The van der Waals surface area contributed by atoms with Gasteiger partial charge in [-0.1, -0.05) is 58.5 Å². The maximum absolute atomic E-state index is 12.8. The van der Waals surface area contributed by atoms with Crippen molar-refractivity contribution in [2.24, 2.45) is 4.99 Å². The average molecular weight is 1020 g/mol. The fourth-order valence-electron chi connectivity index (χ4n) is 7.06. The maximum atomic E-state index is 12.8. The average Bonchev–Trinajstić information content (AvgIpc) is 3.33. The standard InChI is InChI=1S/C23H22Cl2N8O.C16H19N7.C7H3Cl2NO.Na.H/c1-31-9-11-32(12-10-31)15-7-5-14(6-8-15)28-22-27-13-16-20(26)33(23(34)30-21(16)29-22)19-17(24)3-2-4-18(19)25;1-18-14-11-19-16(21-15(14)17)20-12-3-5-13(6-4-12)23-9-7-22(2)8-10-23;8-5-2-1-3-6(9)7(5)10-4-11;;/h2-8,13H,9-12,26H2,1H3,(H,28,29,30,34);3-6,11H,7-10H2,2H3,(H3,17,19,20,21);1-3H;;/q;;;+1;-1. The van der Waals surface area contributed by atoms with Crippen molar-refractivity contribution < 1.29 is 35.8 Å². The first-order chi connectivity index (χ1) is 32.8. The summed E-state index contributed by atoms with van der Waals surface area (Å²) in [6, 6.07) is 26.1. The van der Waals surface area contributed by atoms with Crippen LogP contribution in [0, 0.1) is 6.57 Å². The molecule has 23 heteroatoms. The molecule has 350 valence electrons. The van der Waals surface area contributed by atoms with Gasteiger partial charge in [0.2, 0.25) is 23.7 Å². The minimum absolute atomic E-state index is 0. The van der Waals surface area contributed by atoms with E-state index in [9.17, 15) is 9.59 Å². The number of hydrogen-bond donors (Lipinski definition) is 4. The number of benzene rings is 4. The molecular weight excluding hydrogens is 973 g/mol. The summed E-state index contributed by atoms with van der Waals surface area (Å²) in [4.78, 5) is 59.7. The van der Waals surface area contributed by atoms with Crippen molar-refractivity contribution in [1.82, 2.24) is 39.3 Å². The third-order valence-corrected chi connectivity index (χ3v) is 12.1. The van der Waals surface area contributed by atoms with Crippen LogP contribution >= 0.6 is 46.4 Å². The van der Waals surface area contributed by atoms with Crippen molar-refractivity contribution in [1.29, 1.82) is 0 Å². The number of aliphatic imine (C=N–C) groups is 1. The number of likely N-dealkylation sites (N-methyl/N-ethyl adjacent to an activating group) is 2. The zero-order valence-corrected chi connectivity index (χ0v) is 42.8. The van der Waals surface area contributed by atoms with Crippen LogP contribution in [0.15, 0.2) is 107 Å². The molecule has 0 atom stereocenters. The predicted octanol–water partition coefficient (Wildman–Crippen LogP) is 5.74. The third-order valence-electron chi connectivity index (χ3n) is 10.8. The number of hydrogen-bond acceptors (Lipinski definition) is 16. The number of para-hydroxylation sites is 2. The third kappa shape index (κ3) is 13.4. The first-order valence-electron chi connectivity index (χ1n) is 20.9. The molecule has 4 aromatic carbocycles. The number of anilines is 8. The fraction of sp³-hybridized carbons (Fsp3) is 0.217. The van der Waals surface area contributed by atoms with Crippen molar-refractivity contribution >= 4 is 121 Å². The second-order valence-corrected chi connectivity index (χ2v) is 17.0. The van der Waals surface area contributed by atoms with E-state index in [1.54, 1.807) is 36.4 Å². The van der Waals surface area contributed by atoms with Gasteiger partial charge in [-0.05, 0) is 86.9 Å². The number of rotatable bonds is 8. The molecule has 0 radical (unpaired) electrons. The summed E-state index contributed by atoms with van der Waals surface area (Å²) in [5.74, 6) is 0.988. The number of nitrogen functional groups attached to an aromatic ring is 2. The van der Waals surface area contributed by atoms with Crippen LogP contribution < -0.4 is 67.1 Å². The Morgan fingerprint density at radius 2 is 1.14 bits per heavy atom. The molecule has 69 heavy (non-hydrogen) atoms. The number of isocyanates is 1. The Morgan fingerprint density at radius 3 is 1.61 bits per heavy atom. The Bertz CT molecular complexity index is 3010. The molecule has 7 aromatic rings. The Labute approximate surface area is 441 Å². The summed E-state index contributed by atoms with van der Waals surface area (Å²) in [6.45, 7) is 15.3. The summed E-state index contributed by atoms with van der Waals surface area (Å²) in [5.41, 5.74) is 16.4. The summed E-state index contributed by atoms with van der Waals surface area (Å²) >= 11 is 23.8. The van der Waals surface area contributed by atoms with E-state index >= 15 is 0 Å². The molecule has 0 unspecified atom stereocenters. The van der Waals surface area contributed by atoms with Crippen molar-refractivity contribution in [2.75, 3.05) is 98.4 Å². The van der Waals surface area contributed by atoms with Crippen LogP contribution in [0.1, 0.15) is 1.43 Å². The SMILES string of the molecule is CN1CCN(c2ccc(Nc3ncc4c(N)n(-c5c(Cl)cccc5Cl)c(=O)nc4n3)cc2)CC1.O=C=Nc1c(Cl)cccc1Cl.[C-]#[N+]c1cnc(Nc2ccc(N3CCN(C)CC3)cc2)nc1N.[H-].[Na+]. The van der Waals surface area contributed by atoms with Crippen LogP contribution in [0.4, 0.5) is 57.7 Å². The molecule has 3 aromatic heterocycles. The monoisotopic (exact) mass is 1020 g/mol. The quantitative estimate of drug-likeness (QED) is 0.0619. The number of nitrogens with zero attached hydrogens (tertiary/aromatic N) is 12. The second-order valence-electron chi connectivity index (χ2n) is 15.4. The van der Waals surface area contributed by atoms with E-state index in [1.807, 2.05) is 24.3 Å².